The molecule has 0 unspecified atom stereocenters. The second kappa shape index (κ2) is 16.8. The van der Waals surface area contributed by atoms with Gasteiger partial charge in [0.05, 0.1) is 36.9 Å². The monoisotopic (exact) mass is 725 g/mol. The molecule has 4 aliphatic heterocycles. The maximum atomic E-state index is 12.9. The molecule has 21 nitrogen and oxygen atoms in total. The Hall–Kier alpha value is -1.29. The molecule has 50 heavy (non-hydrogen) atoms. The molecule has 0 aromatic rings. The van der Waals surface area contributed by atoms with Crippen molar-refractivity contribution < 1.29 is 69.0 Å². The zero-order valence-electron chi connectivity index (χ0n) is 27.8. The number of β-amino-alcohol motifs (C(OH)–C–C–N with tert-alkyl or cyclic N) is 1. The molecule has 0 radical (unpaired) electrons. The first-order valence-corrected chi connectivity index (χ1v) is 17.1. The number of rotatable bonds is 13. The summed E-state index contributed by atoms with van der Waals surface area (Å²) in [7, 11) is 0. The van der Waals surface area contributed by atoms with Gasteiger partial charge in [-0.1, -0.05) is 6.92 Å². The molecule has 0 aromatic heterocycles. The highest BCUT2D eigenvalue weighted by molar-refractivity contribution is 5.87. The summed E-state index contributed by atoms with van der Waals surface area (Å²) >= 11 is 0. The van der Waals surface area contributed by atoms with Gasteiger partial charge in [-0.15, -0.1) is 0 Å². The number of hydrogen-bond acceptors (Lipinski definition) is 20. The van der Waals surface area contributed by atoms with Gasteiger partial charge >= 0.3 is 0 Å². The van der Waals surface area contributed by atoms with Crippen molar-refractivity contribution in [1.29, 1.82) is 0 Å². The van der Waals surface area contributed by atoms with Crippen molar-refractivity contribution in [2.75, 3.05) is 39.3 Å². The van der Waals surface area contributed by atoms with Gasteiger partial charge in [0.25, 0.3) is 5.91 Å². The molecule has 5 rings (SSSR count). The summed E-state index contributed by atoms with van der Waals surface area (Å²) in [6, 6.07) is -4.06. The van der Waals surface area contributed by atoms with Crippen molar-refractivity contribution in [3.63, 3.8) is 0 Å². The minimum Gasteiger partial charge on any atom is -0.394 e. The van der Waals surface area contributed by atoms with Crippen molar-refractivity contribution in [3.05, 3.63) is 0 Å². The van der Waals surface area contributed by atoms with Crippen LogP contribution >= 0.6 is 0 Å². The van der Waals surface area contributed by atoms with Crippen LogP contribution in [0.3, 0.4) is 0 Å². The van der Waals surface area contributed by atoms with Crippen LogP contribution in [0.1, 0.15) is 19.8 Å². The Kier molecular flexibility index (Phi) is 13.4. The van der Waals surface area contributed by atoms with Gasteiger partial charge in [0, 0.05) is 32.2 Å². The molecule has 4 heterocycles. The Balaban J connectivity index is 1.35. The lowest BCUT2D eigenvalue weighted by Crippen LogP contribution is -2.71. The summed E-state index contributed by atoms with van der Waals surface area (Å²) < 4.78 is 35.8. The predicted octanol–water partition coefficient (Wildman–Crippen LogP) is -8.72. The predicted molar refractivity (Wildman–Crippen MR) is 168 cm³/mol. The van der Waals surface area contributed by atoms with Gasteiger partial charge in [-0.2, -0.15) is 0 Å². The average Bonchev–Trinajstić information content (AvgIpc) is 3.37. The second-order valence-electron chi connectivity index (χ2n) is 13.8. The van der Waals surface area contributed by atoms with Crippen molar-refractivity contribution in [2.45, 2.75) is 136 Å². The summed E-state index contributed by atoms with van der Waals surface area (Å²) in [5.41, 5.74) is 22.9. The zero-order chi connectivity index (χ0) is 36.5. The number of aliphatic hydroxyl groups is 7. The Morgan fingerprint density at radius 2 is 1.46 bits per heavy atom. The van der Waals surface area contributed by atoms with E-state index in [-0.39, 0.29) is 32.5 Å². The minimum absolute atomic E-state index is 0.0125. The lowest BCUT2D eigenvalue weighted by atomic mass is 9.83. The molecular weight excluding hydrogens is 670 g/mol. The van der Waals surface area contributed by atoms with Gasteiger partial charge < -0.3 is 103 Å². The topological polar surface area (TPSA) is 354 Å². The number of nitrogens with two attached hydrogens (primary N) is 4. The molecule has 4 saturated heterocycles. The van der Waals surface area contributed by atoms with E-state index in [2.05, 4.69) is 16.0 Å². The van der Waals surface area contributed by atoms with Crippen molar-refractivity contribution in [3.8, 4) is 0 Å². The van der Waals surface area contributed by atoms with Crippen LogP contribution < -0.4 is 38.9 Å². The highest BCUT2D eigenvalue weighted by Gasteiger charge is 2.55. The summed E-state index contributed by atoms with van der Waals surface area (Å²) in [5.74, 6) is -0.735. The first-order chi connectivity index (χ1) is 23.7. The van der Waals surface area contributed by atoms with Crippen LogP contribution in [0.4, 0.5) is 0 Å². The van der Waals surface area contributed by atoms with Crippen LogP contribution in [0.2, 0.25) is 0 Å². The zero-order valence-corrected chi connectivity index (χ0v) is 27.8. The van der Waals surface area contributed by atoms with Crippen LogP contribution in [-0.2, 0) is 33.2 Å². The van der Waals surface area contributed by atoms with Crippen LogP contribution in [0, 0.1) is 0 Å². The van der Waals surface area contributed by atoms with Crippen LogP contribution in [0.5, 0.6) is 0 Å². The lowest BCUT2D eigenvalue weighted by molar-refractivity contribution is -0.296. The summed E-state index contributed by atoms with van der Waals surface area (Å²) in [6.45, 7) is 1.99. The number of nitrogens with one attached hydrogen (secondary N) is 3. The smallest absolute Gasteiger partial charge is 0.254 e. The Labute approximate surface area is 288 Å². The Bertz CT molecular complexity index is 1110. The number of ether oxygens (including phenoxy) is 6. The number of hydrogen-bond donors (Lipinski definition) is 14. The van der Waals surface area contributed by atoms with Crippen molar-refractivity contribution >= 4 is 5.91 Å². The van der Waals surface area contributed by atoms with E-state index in [4.69, 9.17) is 51.4 Å². The summed E-state index contributed by atoms with van der Waals surface area (Å²) in [4.78, 5) is 12.9. The first kappa shape index (κ1) is 39.9. The van der Waals surface area contributed by atoms with Gasteiger partial charge in [0.15, 0.2) is 24.5 Å². The normalized spacial score (nSPS) is 47.8. The van der Waals surface area contributed by atoms with Gasteiger partial charge in [-0.25, -0.2) is 0 Å². The van der Waals surface area contributed by atoms with Crippen molar-refractivity contribution in [2.24, 2.45) is 22.9 Å². The fourth-order valence-electron chi connectivity index (χ4n) is 6.92. The van der Waals surface area contributed by atoms with E-state index >= 15 is 0 Å². The van der Waals surface area contributed by atoms with Gasteiger partial charge in [-0.05, 0) is 19.4 Å². The molecule has 5 fully saturated rings. The molecule has 0 bridgehead atoms. The number of aliphatic hydroxyl groups excluding tert-OH is 6. The quantitative estimate of drug-likeness (QED) is 0.0838. The van der Waals surface area contributed by atoms with E-state index in [1.165, 1.54) is 0 Å². The Morgan fingerprint density at radius 3 is 2.08 bits per heavy atom. The maximum Gasteiger partial charge on any atom is 0.254 e. The Morgan fingerprint density at radius 1 is 0.820 bits per heavy atom. The summed E-state index contributed by atoms with van der Waals surface area (Å²) in [6.07, 6.45) is -17.9. The third-order valence-corrected chi connectivity index (χ3v) is 10.1. The summed E-state index contributed by atoms with van der Waals surface area (Å²) in [5, 5.41) is 83.5. The molecule has 1 saturated carbocycles. The number of likely N-dealkylation sites (N-methyl/N-ethyl adjacent to an activating group) is 1. The molecule has 1 aliphatic carbocycles. The van der Waals surface area contributed by atoms with Crippen LogP contribution in [0.15, 0.2) is 0 Å². The van der Waals surface area contributed by atoms with E-state index in [0.29, 0.717) is 13.1 Å². The molecule has 290 valence electrons. The fourth-order valence-corrected chi connectivity index (χ4v) is 6.92. The lowest BCUT2D eigenvalue weighted by Gasteiger charge is -2.48. The van der Waals surface area contributed by atoms with Gasteiger partial charge in [0.2, 0.25) is 0 Å². The second-order valence-corrected chi connectivity index (χ2v) is 13.8. The number of amides is 1. The van der Waals surface area contributed by atoms with E-state index in [1.807, 2.05) is 6.92 Å². The van der Waals surface area contributed by atoms with E-state index in [0.717, 1.165) is 0 Å². The van der Waals surface area contributed by atoms with E-state index < -0.39 is 128 Å². The average molecular weight is 726 g/mol. The number of carbonyl (C=O) groups excluding carboxylic acids is 1. The molecule has 18 N–H and O–H groups in total. The first-order valence-electron chi connectivity index (χ1n) is 17.1. The van der Waals surface area contributed by atoms with Crippen LogP contribution in [0.25, 0.3) is 0 Å². The molecule has 21 heteroatoms. The highest BCUT2D eigenvalue weighted by atomic mass is 16.8. The standard InChI is InChI=1S/C29H55N7O14/c1-2-34-6-15-13(38)4-11(32)25(46-15)48-22-10(31)3-12(36-28(43)29(44)8-35-9-29)18(39)24(22)50-27-21(42)23(16(7-37)47-27)49-26-17(33)20(41)19(40)14(5-30)45-26/h10-27,34-35,37-42,44H,2-9,30-33H2,1H3,(H,36,43)/t10-,11+,12+,13+,14-,15+,16+,17+,18-,19+,20+,21+,22+,23+,24+,25+,26+,27-/m0/s1. The highest BCUT2D eigenvalue weighted by Crippen LogP contribution is 2.35. The third-order valence-electron chi connectivity index (χ3n) is 10.1. The molecule has 5 aliphatic rings. The fraction of sp³-hybridized carbons (Fsp3) is 0.966. The van der Waals surface area contributed by atoms with Crippen molar-refractivity contribution in [1.82, 2.24) is 16.0 Å². The largest absolute Gasteiger partial charge is 0.394 e. The molecule has 0 spiro atoms. The third kappa shape index (κ3) is 8.26. The SMILES string of the molecule is CCNC[C@H]1O[C@H](O[C@H]2[C@H](O[C@@H]3O[C@H](CO)[C@@H](O[C@H]4O[C@@H](CN)[C@@H](O)[C@H](O)[C@H]4N)[C@H]3O)[C@@H](O)[C@H](NC(=O)C3(O)CNC3)C[C@@H]2N)[C@H](N)C[C@H]1O. The molecular formula is C29H55N7O14. The molecule has 1 amide bonds. The van der Waals surface area contributed by atoms with Gasteiger partial charge in [-0.3, -0.25) is 4.79 Å². The van der Waals surface area contributed by atoms with Crippen LogP contribution in [-0.4, -0.2) is 197 Å². The van der Waals surface area contributed by atoms with Gasteiger partial charge in [0.1, 0.15) is 54.9 Å². The molecule has 0 aromatic carbocycles. The van der Waals surface area contributed by atoms with E-state index in [9.17, 15) is 40.5 Å². The maximum absolute atomic E-state index is 12.9. The number of carbonyl (C=O) groups is 1. The minimum atomic E-state index is -1.68. The molecule has 18 atom stereocenters. The van der Waals surface area contributed by atoms with E-state index in [1.54, 1.807) is 0 Å².